The summed E-state index contributed by atoms with van der Waals surface area (Å²) in [6.45, 7) is 4.19. The molecule has 1 aliphatic heterocycles. The van der Waals surface area contributed by atoms with Gasteiger partial charge in [-0.15, -0.1) is 0 Å². The summed E-state index contributed by atoms with van der Waals surface area (Å²) in [6.07, 6.45) is -6.13. The van der Waals surface area contributed by atoms with Gasteiger partial charge in [-0.1, -0.05) is 0 Å². The van der Waals surface area contributed by atoms with E-state index < -0.39 is 36.9 Å². The van der Waals surface area contributed by atoms with Crippen LogP contribution in [0.3, 0.4) is 0 Å². The minimum Gasteiger partial charge on any atom is -0.443 e. The molecule has 1 aliphatic rings. The highest BCUT2D eigenvalue weighted by Gasteiger charge is 2.30. The summed E-state index contributed by atoms with van der Waals surface area (Å²) in [5.74, 6) is -1.20. The molecule has 4 heteroatoms. The third-order valence-electron chi connectivity index (χ3n) is 1.29. The lowest BCUT2D eigenvalue weighted by molar-refractivity contribution is -0.126. The quantitative estimate of drug-likeness (QED) is 0.580. The highest BCUT2D eigenvalue weighted by atomic mass is 16.6. The number of amides is 2. The van der Waals surface area contributed by atoms with Crippen LogP contribution < -0.4 is 0 Å². The Bertz CT molecular complexity index is 362. The van der Waals surface area contributed by atoms with Crippen LogP contribution in [0.25, 0.3) is 0 Å². The van der Waals surface area contributed by atoms with E-state index in [-0.39, 0.29) is 0 Å². The van der Waals surface area contributed by atoms with Gasteiger partial charge >= 0.3 is 6.09 Å². The van der Waals surface area contributed by atoms with Crippen LogP contribution in [0.1, 0.15) is 39.0 Å². The molecular formula is C9H15NO3. The van der Waals surface area contributed by atoms with Gasteiger partial charge in [0, 0.05) is 18.4 Å². The summed E-state index contributed by atoms with van der Waals surface area (Å²) < 4.78 is 34.4. The fraction of sp³-hybridized carbons (Fsp3) is 0.778. The highest BCUT2D eigenvalue weighted by molar-refractivity contribution is 5.93. The van der Waals surface area contributed by atoms with Crippen LogP contribution in [0.2, 0.25) is 0 Å². The Balaban J connectivity index is 2.90. The normalized spacial score (nSPS) is 30.1. The molecule has 1 saturated heterocycles. The first-order valence-corrected chi connectivity index (χ1v) is 3.93. The molecule has 74 valence electrons. The van der Waals surface area contributed by atoms with E-state index in [4.69, 9.17) is 10.2 Å². The van der Waals surface area contributed by atoms with Crippen molar-refractivity contribution in [1.82, 2.24) is 4.90 Å². The second-order valence-electron chi connectivity index (χ2n) is 3.67. The standard InChI is InChI=1S/C9H15NO3/c1-9(2,3)13-8(12)10-6-4-5-7(10)11/h4-6H2,1-3H3/i4D2,5D2. The first-order valence-electron chi connectivity index (χ1n) is 5.93. The van der Waals surface area contributed by atoms with Crippen molar-refractivity contribution < 1.29 is 19.8 Å². The Hall–Kier alpha value is -1.06. The summed E-state index contributed by atoms with van der Waals surface area (Å²) in [6, 6.07) is 0. The largest absolute Gasteiger partial charge is 0.443 e. The summed E-state index contributed by atoms with van der Waals surface area (Å²) in [4.78, 5) is 23.7. The Morgan fingerprint density at radius 3 is 2.62 bits per heavy atom. The molecule has 0 aliphatic carbocycles. The molecule has 13 heavy (non-hydrogen) atoms. The van der Waals surface area contributed by atoms with Crippen LogP contribution in [0, 0.1) is 0 Å². The van der Waals surface area contributed by atoms with E-state index in [1.54, 1.807) is 20.8 Å². The summed E-state index contributed by atoms with van der Waals surface area (Å²) in [7, 11) is 0. The van der Waals surface area contributed by atoms with Crippen molar-refractivity contribution in [3.8, 4) is 0 Å². The number of carbonyl (C=O) groups is 2. The molecule has 0 radical (unpaired) electrons. The average Bonchev–Trinajstić information content (AvgIpc) is 2.23. The molecule has 1 fully saturated rings. The minimum absolute atomic E-state index is 0.477. The lowest BCUT2D eigenvalue weighted by Gasteiger charge is -2.23. The van der Waals surface area contributed by atoms with Gasteiger partial charge in [-0.3, -0.25) is 4.79 Å². The molecule has 4 nitrogen and oxygen atoms in total. The van der Waals surface area contributed by atoms with Crippen LogP contribution >= 0.6 is 0 Å². The predicted octanol–water partition coefficient (Wildman–Crippen LogP) is 1.54. The zero-order chi connectivity index (χ0) is 13.6. The van der Waals surface area contributed by atoms with Gasteiger partial charge in [0.2, 0.25) is 5.91 Å². The van der Waals surface area contributed by atoms with E-state index in [9.17, 15) is 9.59 Å². The van der Waals surface area contributed by atoms with Crippen molar-refractivity contribution in [2.24, 2.45) is 0 Å². The third-order valence-corrected chi connectivity index (χ3v) is 1.29. The Kier molecular flexibility index (Phi) is 1.45. The number of imide groups is 1. The number of nitrogens with zero attached hydrogens (tertiary/aromatic N) is 1. The van der Waals surface area contributed by atoms with Crippen molar-refractivity contribution >= 4 is 12.0 Å². The smallest absolute Gasteiger partial charge is 0.417 e. The maximum Gasteiger partial charge on any atom is 0.417 e. The number of likely N-dealkylation sites (tertiary alicyclic amines) is 1. The molecule has 2 amide bonds. The van der Waals surface area contributed by atoms with Crippen LogP contribution in [0.5, 0.6) is 0 Å². The van der Waals surface area contributed by atoms with Crippen LogP contribution in [0.15, 0.2) is 0 Å². The van der Waals surface area contributed by atoms with Crippen molar-refractivity contribution in [2.45, 2.75) is 39.1 Å². The number of hydrogen-bond acceptors (Lipinski definition) is 3. The van der Waals surface area contributed by atoms with Crippen LogP contribution in [-0.2, 0) is 9.53 Å². The topological polar surface area (TPSA) is 46.6 Å². The van der Waals surface area contributed by atoms with Crippen LogP contribution in [0.4, 0.5) is 4.79 Å². The highest BCUT2D eigenvalue weighted by Crippen LogP contribution is 2.15. The van der Waals surface area contributed by atoms with E-state index in [2.05, 4.69) is 0 Å². The fourth-order valence-corrected chi connectivity index (χ4v) is 0.798. The molecule has 0 saturated carbocycles. The zero-order valence-corrected chi connectivity index (χ0v) is 7.88. The van der Waals surface area contributed by atoms with Gasteiger partial charge in [0.15, 0.2) is 0 Å². The molecule has 0 aromatic heterocycles. The van der Waals surface area contributed by atoms with Gasteiger partial charge in [-0.05, 0) is 27.1 Å². The van der Waals surface area contributed by atoms with E-state index in [1.807, 2.05) is 0 Å². The lowest BCUT2D eigenvalue weighted by atomic mass is 10.2. The molecule has 1 rings (SSSR count). The molecule has 1 heterocycles. The number of hydrogen-bond donors (Lipinski definition) is 0. The second-order valence-corrected chi connectivity index (χ2v) is 3.67. The summed E-state index contributed by atoms with van der Waals surface area (Å²) in [5, 5.41) is 0. The van der Waals surface area contributed by atoms with Gasteiger partial charge in [0.05, 0.1) is 0 Å². The molecule has 0 N–H and O–H groups in total. The molecule has 0 bridgehead atoms. The van der Waals surface area contributed by atoms with Gasteiger partial charge in [-0.2, -0.15) is 0 Å². The molecule has 0 atom stereocenters. The van der Waals surface area contributed by atoms with Crippen molar-refractivity contribution in [2.75, 3.05) is 6.54 Å². The molecule has 0 spiro atoms. The number of rotatable bonds is 0. The third kappa shape index (κ3) is 2.72. The lowest BCUT2D eigenvalue weighted by Crippen LogP contribution is -2.37. The first-order chi connectivity index (χ1) is 7.38. The van der Waals surface area contributed by atoms with Gasteiger partial charge in [0.1, 0.15) is 5.60 Å². The monoisotopic (exact) mass is 189 g/mol. The Morgan fingerprint density at radius 2 is 2.23 bits per heavy atom. The SMILES string of the molecule is [2H]C1([2H])CN(C(=O)OC(C)(C)C)C(=O)C1([2H])[2H]. The van der Waals surface area contributed by atoms with E-state index >= 15 is 0 Å². The maximum absolute atomic E-state index is 11.6. The van der Waals surface area contributed by atoms with E-state index in [0.717, 1.165) is 0 Å². The molecule has 0 aromatic carbocycles. The zero-order valence-electron chi connectivity index (χ0n) is 11.9. The van der Waals surface area contributed by atoms with Gasteiger partial charge in [-0.25, -0.2) is 9.69 Å². The number of ether oxygens (including phenoxy) is 1. The van der Waals surface area contributed by atoms with E-state index in [1.165, 1.54) is 0 Å². The van der Waals surface area contributed by atoms with Gasteiger partial charge < -0.3 is 4.74 Å². The van der Waals surface area contributed by atoms with E-state index in [0.29, 0.717) is 4.90 Å². The second kappa shape index (κ2) is 3.36. The molecular weight excluding hydrogens is 170 g/mol. The van der Waals surface area contributed by atoms with Crippen molar-refractivity contribution in [3.63, 3.8) is 0 Å². The van der Waals surface area contributed by atoms with Crippen molar-refractivity contribution in [1.29, 1.82) is 0 Å². The number of carbonyl (C=O) groups excluding carboxylic acids is 2. The average molecular weight is 189 g/mol. The van der Waals surface area contributed by atoms with Crippen LogP contribution in [-0.4, -0.2) is 29.0 Å². The fourth-order valence-electron chi connectivity index (χ4n) is 0.798. The molecule has 0 aromatic rings. The summed E-state index contributed by atoms with van der Waals surface area (Å²) >= 11 is 0. The van der Waals surface area contributed by atoms with Gasteiger partial charge in [0.25, 0.3) is 0 Å². The Labute approximate surface area is 83.5 Å². The Morgan fingerprint density at radius 1 is 1.62 bits per heavy atom. The predicted molar refractivity (Wildman–Crippen MR) is 47.2 cm³/mol. The van der Waals surface area contributed by atoms with Crippen molar-refractivity contribution in [3.05, 3.63) is 0 Å². The summed E-state index contributed by atoms with van der Waals surface area (Å²) in [5.41, 5.74) is -0.820. The molecule has 0 unspecified atom stereocenters. The maximum atomic E-state index is 11.6. The first kappa shape index (κ1) is 5.62. The minimum atomic E-state index is -2.70.